The Kier molecular flexibility index (Phi) is 4.75. The zero-order chi connectivity index (χ0) is 12.0. The molecule has 1 aromatic heterocycles. The van der Waals surface area contributed by atoms with Gasteiger partial charge in [-0.1, -0.05) is 0 Å². The molecule has 0 atom stereocenters. The van der Waals surface area contributed by atoms with Gasteiger partial charge >= 0.3 is 0 Å². The Bertz CT molecular complexity index is 465. The van der Waals surface area contributed by atoms with E-state index in [-0.39, 0.29) is 17.1 Å². The van der Waals surface area contributed by atoms with Crippen molar-refractivity contribution in [2.75, 3.05) is 16.4 Å². The molecule has 1 heterocycles. The van der Waals surface area contributed by atoms with Gasteiger partial charge in [0.2, 0.25) is 10.0 Å². The summed E-state index contributed by atoms with van der Waals surface area (Å²) in [5.41, 5.74) is -0.384. The lowest BCUT2D eigenvalue weighted by atomic mass is 10.4. The first kappa shape index (κ1) is 13.0. The number of anilines is 1. The van der Waals surface area contributed by atoms with E-state index in [1.54, 1.807) is 0 Å². The van der Waals surface area contributed by atoms with E-state index in [1.807, 2.05) is 0 Å². The Morgan fingerprint density at radius 3 is 2.69 bits per heavy atom. The predicted octanol–water partition coefficient (Wildman–Crippen LogP) is 0.531. The second-order valence-electron chi connectivity index (χ2n) is 3.12. The standard InChI is InChI=1S/C8H12ClN3O3S/c9-5-1-2-6-16(14,15)12-7-3-4-8(13)11-10-7/h3-4H,1-2,5-6H2,(H,10,12)(H,11,13). The van der Waals surface area contributed by atoms with Gasteiger partial charge in [-0.05, 0) is 18.9 Å². The fourth-order valence-electron chi connectivity index (χ4n) is 0.998. The maximum Gasteiger partial charge on any atom is 0.264 e. The molecule has 0 saturated carbocycles. The first-order valence-corrected chi connectivity index (χ1v) is 6.84. The minimum Gasteiger partial charge on any atom is -0.268 e. The highest BCUT2D eigenvalue weighted by atomic mass is 35.5. The average molecular weight is 266 g/mol. The van der Waals surface area contributed by atoms with Crippen LogP contribution in [-0.4, -0.2) is 30.2 Å². The smallest absolute Gasteiger partial charge is 0.264 e. The highest BCUT2D eigenvalue weighted by Gasteiger charge is 2.10. The number of aromatic nitrogens is 2. The molecule has 0 aliphatic rings. The van der Waals surface area contributed by atoms with Crippen molar-refractivity contribution in [3.63, 3.8) is 0 Å². The number of nitrogens with one attached hydrogen (secondary N) is 2. The van der Waals surface area contributed by atoms with Gasteiger partial charge in [-0.15, -0.1) is 11.6 Å². The molecule has 0 aliphatic carbocycles. The molecule has 0 spiro atoms. The number of halogens is 1. The number of rotatable bonds is 6. The molecule has 0 aliphatic heterocycles. The Balaban J connectivity index is 2.58. The van der Waals surface area contributed by atoms with Crippen molar-refractivity contribution < 1.29 is 8.42 Å². The largest absolute Gasteiger partial charge is 0.268 e. The highest BCUT2D eigenvalue weighted by Crippen LogP contribution is 2.04. The second kappa shape index (κ2) is 5.86. The van der Waals surface area contributed by atoms with E-state index < -0.39 is 10.0 Å². The molecule has 90 valence electrons. The number of nitrogens with zero attached hydrogens (tertiary/aromatic N) is 1. The quantitative estimate of drug-likeness (QED) is 0.580. The molecule has 0 amide bonds. The van der Waals surface area contributed by atoms with Gasteiger partial charge in [0.25, 0.3) is 5.56 Å². The summed E-state index contributed by atoms with van der Waals surface area (Å²) in [7, 11) is -3.41. The topological polar surface area (TPSA) is 91.9 Å². The second-order valence-corrected chi connectivity index (χ2v) is 5.34. The molecule has 0 unspecified atom stereocenters. The Morgan fingerprint density at radius 1 is 1.38 bits per heavy atom. The summed E-state index contributed by atoms with van der Waals surface area (Å²) in [5.74, 6) is 0.526. The van der Waals surface area contributed by atoms with Crippen LogP contribution in [0.1, 0.15) is 12.8 Å². The van der Waals surface area contributed by atoms with Gasteiger partial charge in [0.15, 0.2) is 5.82 Å². The number of H-pyrrole nitrogens is 1. The zero-order valence-corrected chi connectivity index (χ0v) is 10.0. The minimum absolute atomic E-state index is 0.0134. The van der Waals surface area contributed by atoms with Crippen LogP contribution in [0, 0.1) is 0 Å². The summed E-state index contributed by atoms with van der Waals surface area (Å²) in [6.45, 7) is 0. The molecule has 1 aromatic rings. The van der Waals surface area contributed by atoms with E-state index in [4.69, 9.17) is 11.6 Å². The fourth-order valence-corrected chi connectivity index (χ4v) is 2.31. The van der Waals surface area contributed by atoms with Crippen molar-refractivity contribution in [3.8, 4) is 0 Å². The van der Waals surface area contributed by atoms with Gasteiger partial charge in [0.05, 0.1) is 5.75 Å². The fraction of sp³-hybridized carbons (Fsp3) is 0.500. The van der Waals surface area contributed by atoms with Gasteiger partial charge in [0.1, 0.15) is 0 Å². The molecule has 0 radical (unpaired) electrons. The van der Waals surface area contributed by atoms with E-state index in [2.05, 4.69) is 14.9 Å². The first-order valence-electron chi connectivity index (χ1n) is 4.66. The van der Waals surface area contributed by atoms with Crippen LogP contribution < -0.4 is 10.3 Å². The van der Waals surface area contributed by atoms with Crippen LogP contribution in [0.5, 0.6) is 0 Å². The monoisotopic (exact) mass is 265 g/mol. The highest BCUT2D eigenvalue weighted by molar-refractivity contribution is 7.92. The molecule has 0 fully saturated rings. The summed E-state index contributed by atoms with van der Waals surface area (Å²) in [5, 5.41) is 5.67. The molecule has 0 bridgehead atoms. The van der Waals surface area contributed by atoms with Crippen LogP contribution in [0.2, 0.25) is 0 Å². The maximum absolute atomic E-state index is 11.5. The van der Waals surface area contributed by atoms with Crippen molar-refractivity contribution in [2.24, 2.45) is 0 Å². The molecular formula is C8H12ClN3O3S. The normalized spacial score (nSPS) is 11.3. The van der Waals surface area contributed by atoms with Crippen molar-refractivity contribution in [1.82, 2.24) is 10.2 Å². The van der Waals surface area contributed by atoms with Crippen LogP contribution in [-0.2, 0) is 10.0 Å². The number of sulfonamides is 1. The predicted molar refractivity (Wildman–Crippen MR) is 62.2 cm³/mol. The molecule has 6 nitrogen and oxygen atoms in total. The zero-order valence-electron chi connectivity index (χ0n) is 8.44. The summed E-state index contributed by atoms with van der Waals surface area (Å²) >= 11 is 5.44. The van der Waals surface area contributed by atoms with Crippen molar-refractivity contribution in [2.45, 2.75) is 12.8 Å². The SMILES string of the molecule is O=c1ccc(NS(=O)(=O)CCCCCl)n[nH]1. The molecule has 2 N–H and O–H groups in total. The number of hydrogen-bond acceptors (Lipinski definition) is 4. The number of aromatic amines is 1. The van der Waals surface area contributed by atoms with E-state index >= 15 is 0 Å². The maximum atomic E-state index is 11.5. The van der Waals surface area contributed by atoms with Crippen molar-refractivity contribution >= 4 is 27.4 Å². The molecule has 16 heavy (non-hydrogen) atoms. The summed E-state index contributed by atoms with van der Waals surface area (Å²) < 4.78 is 25.2. The molecule has 1 rings (SSSR count). The van der Waals surface area contributed by atoms with Gasteiger partial charge in [-0.2, -0.15) is 5.10 Å². The lowest BCUT2D eigenvalue weighted by molar-refractivity contribution is 0.597. The molecule has 0 saturated heterocycles. The molecule has 0 aromatic carbocycles. The first-order chi connectivity index (χ1) is 7.53. The molecule has 8 heteroatoms. The van der Waals surface area contributed by atoms with Gasteiger partial charge in [-0.25, -0.2) is 13.5 Å². The van der Waals surface area contributed by atoms with Crippen LogP contribution in [0.15, 0.2) is 16.9 Å². The average Bonchev–Trinajstić information content (AvgIpc) is 2.21. The Hall–Kier alpha value is -1.08. The van der Waals surface area contributed by atoms with Crippen LogP contribution in [0.25, 0.3) is 0 Å². The number of hydrogen-bond donors (Lipinski definition) is 2. The summed E-state index contributed by atoms with van der Waals surface area (Å²) in [6.07, 6.45) is 1.13. The molecular weight excluding hydrogens is 254 g/mol. The third-order valence-corrected chi connectivity index (χ3v) is 3.35. The third-order valence-electron chi connectivity index (χ3n) is 1.74. The Labute approximate surface area is 98.1 Å². The van der Waals surface area contributed by atoms with Gasteiger partial charge < -0.3 is 0 Å². The van der Waals surface area contributed by atoms with Crippen molar-refractivity contribution in [1.29, 1.82) is 0 Å². The van der Waals surface area contributed by atoms with E-state index in [1.165, 1.54) is 12.1 Å². The van der Waals surface area contributed by atoms with Gasteiger partial charge in [-0.3, -0.25) is 9.52 Å². The number of unbranched alkanes of at least 4 members (excludes halogenated alkanes) is 1. The third kappa shape index (κ3) is 4.63. The summed E-state index contributed by atoms with van der Waals surface area (Å²) in [6, 6.07) is 2.50. The van der Waals surface area contributed by atoms with Crippen molar-refractivity contribution in [3.05, 3.63) is 22.5 Å². The van der Waals surface area contributed by atoms with E-state index in [9.17, 15) is 13.2 Å². The van der Waals surface area contributed by atoms with E-state index in [0.29, 0.717) is 18.7 Å². The van der Waals surface area contributed by atoms with Gasteiger partial charge in [0, 0.05) is 11.9 Å². The van der Waals surface area contributed by atoms with Crippen LogP contribution >= 0.6 is 11.6 Å². The van der Waals surface area contributed by atoms with Crippen LogP contribution in [0.4, 0.5) is 5.82 Å². The summed E-state index contributed by atoms with van der Waals surface area (Å²) in [4.78, 5) is 10.7. The van der Waals surface area contributed by atoms with E-state index in [0.717, 1.165) is 0 Å². The Morgan fingerprint density at radius 2 is 2.12 bits per heavy atom. The number of alkyl halides is 1. The lowest BCUT2D eigenvalue weighted by Crippen LogP contribution is -2.19. The van der Waals surface area contributed by atoms with Crippen LogP contribution in [0.3, 0.4) is 0 Å². The minimum atomic E-state index is -3.41. The lowest BCUT2D eigenvalue weighted by Gasteiger charge is -2.05.